The van der Waals surface area contributed by atoms with Crippen LogP contribution >= 0.6 is 0 Å². The summed E-state index contributed by atoms with van der Waals surface area (Å²) in [6.45, 7) is 5.00. The Morgan fingerprint density at radius 1 is 0.962 bits per heavy atom. The first-order chi connectivity index (χ1) is 12.9. The lowest BCUT2D eigenvalue weighted by molar-refractivity contribution is 0.255. The Bertz CT molecular complexity index is 995. The molecule has 1 fully saturated rings. The first-order valence-corrected chi connectivity index (χ1v) is 9.14. The van der Waals surface area contributed by atoms with E-state index in [1.165, 1.54) is 5.39 Å². The van der Waals surface area contributed by atoms with Crippen molar-refractivity contribution >= 4 is 27.8 Å². The first-order valence-electron chi connectivity index (χ1n) is 9.14. The number of piperazine rings is 1. The average Bonchev–Trinajstić information content (AvgIpc) is 3.33. The zero-order chi connectivity index (χ0) is 17.3. The average molecular weight is 347 g/mol. The Kier molecular flexibility index (Phi) is 3.87. The molecule has 132 valence electrons. The third-order valence-corrected chi connectivity index (χ3v) is 5.17. The minimum Gasteiger partial charge on any atom is -0.461 e. The normalized spacial score (nSPS) is 15.9. The minimum absolute atomic E-state index is 0.892. The van der Waals surface area contributed by atoms with E-state index in [4.69, 9.17) is 8.83 Å². The molecule has 3 aromatic heterocycles. The summed E-state index contributed by atoms with van der Waals surface area (Å²) in [6, 6.07) is 14.3. The number of hydrogen-bond acceptors (Lipinski definition) is 5. The highest BCUT2D eigenvalue weighted by molar-refractivity contribution is 5.87. The lowest BCUT2D eigenvalue weighted by Gasteiger charge is -2.35. The van der Waals surface area contributed by atoms with E-state index in [1.807, 2.05) is 30.5 Å². The summed E-state index contributed by atoms with van der Waals surface area (Å²) >= 11 is 0. The number of aromatic nitrogens is 1. The van der Waals surface area contributed by atoms with Gasteiger partial charge in [-0.3, -0.25) is 4.90 Å². The summed E-state index contributed by atoms with van der Waals surface area (Å²) < 4.78 is 11.6. The van der Waals surface area contributed by atoms with Gasteiger partial charge in [-0.2, -0.15) is 0 Å². The van der Waals surface area contributed by atoms with Crippen LogP contribution in [0.2, 0.25) is 0 Å². The van der Waals surface area contributed by atoms with E-state index in [-0.39, 0.29) is 0 Å². The summed E-state index contributed by atoms with van der Waals surface area (Å²) in [5, 5.41) is 2.30. The quantitative estimate of drug-likeness (QED) is 0.559. The standard InChI is InChI=1S/C21H21N3O2/c1-2-4-19-17(3-1)15-18(26-19)6-9-23-10-12-24(13-11-23)21-20-16(5-8-22-21)7-14-25-20/h1-5,7-8,14-15H,6,9-13H2. The molecule has 0 amide bonds. The largest absolute Gasteiger partial charge is 0.461 e. The highest BCUT2D eigenvalue weighted by atomic mass is 16.3. The van der Waals surface area contributed by atoms with Crippen LogP contribution in [0.3, 0.4) is 0 Å². The van der Waals surface area contributed by atoms with E-state index in [9.17, 15) is 0 Å². The number of anilines is 1. The third-order valence-electron chi connectivity index (χ3n) is 5.17. The van der Waals surface area contributed by atoms with Crippen molar-refractivity contribution in [1.29, 1.82) is 0 Å². The fourth-order valence-electron chi connectivity index (χ4n) is 3.72. The molecule has 5 heteroatoms. The topological polar surface area (TPSA) is 45.7 Å². The molecule has 5 rings (SSSR count). The zero-order valence-corrected chi connectivity index (χ0v) is 14.6. The van der Waals surface area contributed by atoms with E-state index in [0.29, 0.717) is 0 Å². The lowest BCUT2D eigenvalue weighted by Crippen LogP contribution is -2.47. The van der Waals surface area contributed by atoms with Crippen molar-refractivity contribution in [2.24, 2.45) is 0 Å². The molecule has 1 aliphatic heterocycles. The van der Waals surface area contributed by atoms with E-state index in [2.05, 4.69) is 33.0 Å². The second-order valence-corrected chi connectivity index (χ2v) is 6.80. The van der Waals surface area contributed by atoms with Crippen molar-refractivity contribution in [1.82, 2.24) is 9.88 Å². The molecule has 0 radical (unpaired) electrons. The van der Waals surface area contributed by atoms with Gasteiger partial charge in [0.15, 0.2) is 11.4 Å². The van der Waals surface area contributed by atoms with Crippen LogP contribution in [-0.4, -0.2) is 42.6 Å². The van der Waals surface area contributed by atoms with Crippen molar-refractivity contribution in [3.05, 3.63) is 60.7 Å². The summed E-state index contributed by atoms with van der Waals surface area (Å²) in [5.41, 5.74) is 1.87. The molecule has 0 N–H and O–H groups in total. The van der Waals surface area contributed by atoms with Gasteiger partial charge < -0.3 is 13.7 Å². The smallest absolute Gasteiger partial charge is 0.176 e. The monoisotopic (exact) mass is 347 g/mol. The minimum atomic E-state index is 0.892. The van der Waals surface area contributed by atoms with Crippen LogP contribution in [-0.2, 0) is 6.42 Å². The zero-order valence-electron chi connectivity index (χ0n) is 14.6. The van der Waals surface area contributed by atoms with Crippen molar-refractivity contribution in [2.75, 3.05) is 37.6 Å². The maximum absolute atomic E-state index is 5.93. The van der Waals surface area contributed by atoms with Crippen LogP contribution in [0.15, 0.2) is 63.8 Å². The van der Waals surface area contributed by atoms with Gasteiger partial charge in [0, 0.05) is 56.1 Å². The number of furan rings is 2. The number of fused-ring (bicyclic) bond motifs is 2. The molecule has 4 heterocycles. The Morgan fingerprint density at radius 3 is 2.73 bits per heavy atom. The molecule has 0 spiro atoms. The third kappa shape index (κ3) is 2.84. The molecule has 0 aliphatic carbocycles. The number of nitrogens with zero attached hydrogens (tertiary/aromatic N) is 3. The summed E-state index contributed by atoms with van der Waals surface area (Å²) in [5.74, 6) is 2.03. The second kappa shape index (κ2) is 6.50. The number of para-hydroxylation sites is 1. The van der Waals surface area contributed by atoms with Gasteiger partial charge in [-0.05, 0) is 24.3 Å². The first kappa shape index (κ1) is 15.5. The molecule has 0 unspecified atom stereocenters. The second-order valence-electron chi connectivity index (χ2n) is 6.80. The van der Waals surface area contributed by atoms with Crippen LogP contribution in [0.1, 0.15) is 5.76 Å². The van der Waals surface area contributed by atoms with E-state index >= 15 is 0 Å². The van der Waals surface area contributed by atoms with Gasteiger partial charge in [0.1, 0.15) is 11.3 Å². The molecule has 0 atom stereocenters. The van der Waals surface area contributed by atoms with E-state index < -0.39 is 0 Å². The predicted molar refractivity (Wildman–Crippen MR) is 103 cm³/mol. The number of pyridine rings is 1. The molecule has 26 heavy (non-hydrogen) atoms. The molecule has 4 aromatic rings. The summed E-state index contributed by atoms with van der Waals surface area (Å²) in [7, 11) is 0. The predicted octanol–water partition coefficient (Wildman–Crippen LogP) is 3.94. The highest BCUT2D eigenvalue weighted by Crippen LogP contribution is 2.26. The number of benzene rings is 1. The Labute approximate surface area is 151 Å². The number of rotatable bonds is 4. The van der Waals surface area contributed by atoms with Gasteiger partial charge in [0.25, 0.3) is 0 Å². The Morgan fingerprint density at radius 2 is 1.85 bits per heavy atom. The van der Waals surface area contributed by atoms with Gasteiger partial charge >= 0.3 is 0 Å². The number of hydrogen-bond donors (Lipinski definition) is 0. The molecule has 0 saturated carbocycles. The van der Waals surface area contributed by atoms with Crippen LogP contribution < -0.4 is 4.90 Å². The molecule has 0 bridgehead atoms. The molecule has 1 aliphatic rings. The summed E-state index contributed by atoms with van der Waals surface area (Å²) in [4.78, 5) is 9.36. The maximum Gasteiger partial charge on any atom is 0.176 e. The fourth-order valence-corrected chi connectivity index (χ4v) is 3.72. The summed E-state index contributed by atoms with van der Waals surface area (Å²) in [6.07, 6.45) is 4.54. The van der Waals surface area contributed by atoms with Crippen molar-refractivity contribution in [2.45, 2.75) is 6.42 Å². The van der Waals surface area contributed by atoms with Crippen LogP contribution in [0.25, 0.3) is 21.9 Å². The maximum atomic E-state index is 5.93. The Balaban J connectivity index is 1.21. The fraction of sp³-hybridized carbons (Fsp3) is 0.286. The van der Waals surface area contributed by atoms with Gasteiger partial charge in [-0.1, -0.05) is 18.2 Å². The van der Waals surface area contributed by atoms with Gasteiger partial charge in [-0.25, -0.2) is 4.98 Å². The molecular weight excluding hydrogens is 326 g/mol. The Hall–Kier alpha value is -2.79. The van der Waals surface area contributed by atoms with Crippen LogP contribution in [0, 0.1) is 0 Å². The van der Waals surface area contributed by atoms with Gasteiger partial charge in [0.05, 0.1) is 6.26 Å². The van der Waals surface area contributed by atoms with E-state index in [0.717, 1.165) is 67.3 Å². The SMILES string of the molecule is c1ccc2oc(CCN3CCN(c4nccc5ccoc45)CC3)cc2c1. The van der Waals surface area contributed by atoms with Crippen molar-refractivity contribution in [3.8, 4) is 0 Å². The molecule has 1 aromatic carbocycles. The van der Waals surface area contributed by atoms with Crippen LogP contribution in [0.5, 0.6) is 0 Å². The lowest BCUT2D eigenvalue weighted by atomic mass is 10.2. The van der Waals surface area contributed by atoms with Gasteiger partial charge in [-0.15, -0.1) is 0 Å². The van der Waals surface area contributed by atoms with Crippen molar-refractivity contribution < 1.29 is 8.83 Å². The van der Waals surface area contributed by atoms with E-state index in [1.54, 1.807) is 6.26 Å². The highest BCUT2D eigenvalue weighted by Gasteiger charge is 2.20. The molecular formula is C21H21N3O2. The van der Waals surface area contributed by atoms with Crippen LogP contribution in [0.4, 0.5) is 5.82 Å². The van der Waals surface area contributed by atoms with Crippen molar-refractivity contribution in [3.63, 3.8) is 0 Å². The molecule has 1 saturated heterocycles. The molecule has 5 nitrogen and oxygen atoms in total. The van der Waals surface area contributed by atoms with Gasteiger partial charge in [0.2, 0.25) is 0 Å².